The summed E-state index contributed by atoms with van der Waals surface area (Å²) in [6, 6.07) is 24.6. The first kappa shape index (κ1) is 14.8. The predicted molar refractivity (Wildman–Crippen MR) is 96.1 cm³/mol. The molecule has 0 bridgehead atoms. The van der Waals surface area contributed by atoms with Crippen molar-refractivity contribution in [1.82, 2.24) is 0 Å². The summed E-state index contributed by atoms with van der Waals surface area (Å²) in [5.74, 6) is 0.0203. The first-order valence-electron chi connectivity index (χ1n) is 7.47. The van der Waals surface area contributed by atoms with Gasteiger partial charge < -0.3 is 5.73 Å². The van der Waals surface area contributed by atoms with Gasteiger partial charge in [-0.3, -0.25) is 4.79 Å². The van der Waals surface area contributed by atoms with Crippen molar-refractivity contribution in [3.63, 3.8) is 0 Å². The highest BCUT2D eigenvalue weighted by Gasteiger charge is 2.11. The van der Waals surface area contributed by atoms with E-state index in [1.54, 1.807) is 0 Å². The molecular weight excluding hydrogens is 282 g/mol. The van der Waals surface area contributed by atoms with E-state index >= 15 is 0 Å². The topological polar surface area (TPSA) is 43.1 Å². The van der Waals surface area contributed by atoms with Crippen molar-refractivity contribution in [3.8, 4) is 0 Å². The maximum Gasteiger partial charge on any atom is 0.193 e. The molecule has 0 aliphatic carbocycles. The lowest BCUT2D eigenvalue weighted by atomic mass is 9.97. The molecule has 0 fully saturated rings. The number of para-hydroxylation sites is 1. The van der Waals surface area contributed by atoms with E-state index in [1.807, 2.05) is 91.0 Å². The number of nitrogens with two attached hydrogens (primary N) is 1. The molecule has 0 atom stereocenters. The molecule has 3 rings (SSSR count). The first-order chi connectivity index (χ1) is 11.3. The monoisotopic (exact) mass is 299 g/mol. The van der Waals surface area contributed by atoms with Crippen molar-refractivity contribution in [1.29, 1.82) is 0 Å². The molecule has 0 aliphatic heterocycles. The van der Waals surface area contributed by atoms with Crippen molar-refractivity contribution < 1.29 is 4.79 Å². The van der Waals surface area contributed by atoms with Crippen LogP contribution in [0.25, 0.3) is 12.2 Å². The maximum absolute atomic E-state index is 12.7. The summed E-state index contributed by atoms with van der Waals surface area (Å²) >= 11 is 0. The van der Waals surface area contributed by atoms with Crippen LogP contribution in [0.3, 0.4) is 0 Å². The lowest BCUT2D eigenvalue weighted by Gasteiger charge is -2.06. The Kier molecular flexibility index (Phi) is 4.34. The molecule has 0 saturated carbocycles. The summed E-state index contributed by atoms with van der Waals surface area (Å²) in [6.07, 6.45) is 3.87. The predicted octanol–water partition coefficient (Wildman–Crippen LogP) is 4.67. The van der Waals surface area contributed by atoms with Gasteiger partial charge in [-0.05, 0) is 17.2 Å². The lowest BCUT2D eigenvalue weighted by Crippen LogP contribution is -2.03. The Morgan fingerprint density at radius 3 is 2.00 bits per heavy atom. The number of carbonyl (C=O) groups excluding carboxylic acids is 1. The molecular formula is C21H17NO. The van der Waals surface area contributed by atoms with E-state index in [0.717, 1.165) is 16.8 Å². The highest BCUT2D eigenvalue weighted by molar-refractivity contribution is 6.11. The standard InChI is InChI=1S/C21H17NO/c22-20-13-7-5-9-17(20)15-14-16-8-4-6-12-19(16)21(23)18-10-2-1-3-11-18/h1-15H,22H2/b15-14+. The molecule has 3 aromatic carbocycles. The van der Waals surface area contributed by atoms with Crippen molar-refractivity contribution in [2.75, 3.05) is 5.73 Å². The average Bonchev–Trinajstić information content (AvgIpc) is 2.61. The van der Waals surface area contributed by atoms with Gasteiger partial charge in [0.25, 0.3) is 0 Å². The van der Waals surface area contributed by atoms with Gasteiger partial charge >= 0.3 is 0 Å². The summed E-state index contributed by atoms with van der Waals surface area (Å²) in [4.78, 5) is 12.7. The Hall–Kier alpha value is -3.13. The van der Waals surface area contributed by atoms with E-state index in [2.05, 4.69) is 0 Å². The summed E-state index contributed by atoms with van der Waals surface area (Å²) in [6.45, 7) is 0. The highest BCUT2D eigenvalue weighted by atomic mass is 16.1. The molecule has 0 heterocycles. The van der Waals surface area contributed by atoms with Crippen LogP contribution in [-0.2, 0) is 0 Å². The third-order valence-corrected chi connectivity index (χ3v) is 3.68. The number of ketones is 1. The van der Waals surface area contributed by atoms with Crippen molar-refractivity contribution in [3.05, 3.63) is 101 Å². The number of rotatable bonds is 4. The van der Waals surface area contributed by atoms with E-state index < -0.39 is 0 Å². The van der Waals surface area contributed by atoms with Crippen LogP contribution in [-0.4, -0.2) is 5.78 Å². The fourth-order valence-electron chi connectivity index (χ4n) is 2.44. The van der Waals surface area contributed by atoms with Gasteiger partial charge in [0.1, 0.15) is 0 Å². The van der Waals surface area contributed by atoms with Gasteiger partial charge in [0.05, 0.1) is 0 Å². The van der Waals surface area contributed by atoms with Crippen LogP contribution in [0.4, 0.5) is 5.69 Å². The fourth-order valence-corrected chi connectivity index (χ4v) is 2.44. The molecule has 0 saturated heterocycles. The third-order valence-electron chi connectivity index (χ3n) is 3.68. The second kappa shape index (κ2) is 6.75. The van der Waals surface area contributed by atoms with Crippen LogP contribution >= 0.6 is 0 Å². The van der Waals surface area contributed by atoms with Crippen LogP contribution in [0.15, 0.2) is 78.9 Å². The van der Waals surface area contributed by atoms with Crippen LogP contribution in [0.5, 0.6) is 0 Å². The van der Waals surface area contributed by atoms with Crippen LogP contribution < -0.4 is 5.73 Å². The molecule has 23 heavy (non-hydrogen) atoms. The SMILES string of the molecule is Nc1ccccc1/C=C/c1ccccc1C(=O)c1ccccc1. The quantitative estimate of drug-likeness (QED) is 0.432. The van der Waals surface area contributed by atoms with Gasteiger partial charge in [0.15, 0.2) is 5.78 Å². The Morgan fingerprint density at radius 2 is 1.26 bits per heavy atom. The maximum atomic E-state index is 12.7. The number of benzene rings is 3. The Morgan fingerprint density at radius 1 is 0.696 bits per heavy atom. The van der Waals surface area contributed by atoms with Crippen molar-refractivity contribution in [2.45, 2.75) is 0 Å². The molecule has 2 heteroatoms. The number of carbonyl (C=O) groups is 1. The molecule has 0 amide bonds. The molecule has 2 nitrogen and oxygen atoms in total. The largest absolute Gasteiger partial charge is 0.398 e. The molecule has 3 aromatic rings. The molecule has 0 unspecified atom stereocenters. The Bertz CT molecular complexity index is 850. The summed E-state index contributed by atoms with van der Waals surface area (Å²) in [5, 5.41) is 0. The Labute approximate surface area is 135 Å². The minimum Gasteiger partial charge on any atom is -0.398 e. The fraction of sp³-hybridized carbons (Fsp3) is 0. The molecule has 112 valence electrons. The second-order valence-corrected chi connectivity index (χ2v) is 5.24. The zero-order chi connectivity index (χ0) is 16.1. The van der Waals surface area contributed by atoms with E-state index in [0.29, 0.717) is 11.1 Å². The van der Waals surface area contributed by atoms with Crippen LogP contribution in [0.1, 0.15) is 27.0 Å². The molecule has 0 aliphatic rings. The first-order valence-corrected chi connectivity index (χ1v) is 7.47. The summed E-state index contributed by atoms with van der Waals surface area (Å²) in [5.41, 5.74) is 9.86. The minimum absolute atomic E-state index is 0.0203. The van der Waals surface area contributed by atoms with Gasteiger partial charge in [-0.15, -0.1) is 0 Å². The van der Waals surface area contributed by atoms with Crippen LogP contribution in [0.2, 0.25) is 0 Å². The minimum atomic E-state index is 0.0203. The number of nitrogen functional groups attached to an aromatic ring is 1. The van der Waals surface area contributed by atoms with E-state index in [4.69, 9.17) is 5.73 Å². The van der Waals surface area contributed by atoms with Gasteiger partial charge in [-0.25, -0.2) is 0 Å². The molecule has 2 N–H and O–H groups in total. The number of anilines is 1. The normalized spacial score (nSPS) is 10.8. The van der Waals surface area contributed by atoms with Crippen molar-refractivity contribution >= 4 is 23.6 Å². The van der Waals surface area contributed by atoms with Gasteiger partial charge in [-0.2, -0.15) is 0 Å². The Balaban J connectivity index is 1.96. The smallest absolute Gasteiger partial charge is 0.193 e. The molecule has 0 aromatic heterocycles. The number of hydrogen-bond donors (Lipinski definition) is 1. The zero-order valence-corrected chi connectivity index (χ0v) is 12.6. The highest BCUT2D eigenvalue weighted by Crippen LogP contribution is 2.19. The number of hydrogen-bond acceptors (Lipinski definition) is 2. The molecule has 0 radical (unpaired) electrons. The third kappa shape index (κ3) is 3.38. The van der Waals surface area contributed by atoms with Gasteiger partial charge in [-0.1, -0.05) is 84.9 Å². The van der Waals surface area contributed by atoms with Gasteiger partial charge in [0, 0.05) is 16.8 Å². The lowest BCUT2D eigenvalue weighted by molar-refractivity contribution is 0.103. The van der Waals surface area contributed by atoms with E-state index in [1.165, 1.54) is 0 Å². The van der Waals surface area contributed by atoms with Crippen LogP contribution in [0, 0.1) is 0 Å². The average molecular weight is 299 g/mol. The summed E-state index contributed by atoms with van der Waals surface area (Å²) in [7, 11) is 0. The molecule has 0 spiro atoms. The summed E-state index contributed by atoms with van der Waals surface area (Å²) < 4.78 is 0. The van der Waals surface area contributed by atoms with Crippen molar-refractivity contribution in [2.24, 2.45) is 0 Å². The van der Waals surface area contributed by atoms with E-state index in [-0.39, 0.29) is 5.78 Å². The second-order valence-electron chi connectivity index (χ2n) is 5.24. The zero-order valence-electron chi connectivity index (χ0n) is 12.6. The van der Waals surface area contributed by atoms with E-state index in [9.17, 15) is 4.79 Å². The van der Waals surface area contributed by atoms with Gasteiger partial charge in [0.2, 0.25) is 0 Å².